The third kappa shape index (κ3) is 1.15. The Balaban J connectivity index is 2.19. The molecule has 1 unspecified atom stereocenters. The molecule has 0 bridgehead atoms. The second-order valence-electron chi connectivity index (χ2n) is 3.46. The van der Waals surface area contributed by atoms with Gasteiger partial charge < -0.3 is 19.3 Å². The molecule has 0 amide bonds. The van der Waals surface area contributed by atoms with Gasteiger partial charge in [0.1, 0.15) is 5.60 Å². The van der Waals surface area contributed by atoms with E-state index < -0.39 is 17.7 Å². The van der Waals surface area contributed by atoms with Gasteiger partial charge in [-0.3, -0.25) is 0 Å². The van der Waals surface area contributed by atoms with Gasteiger partial charge in [-0.2, -0.15) is 0 Å². The molecule has 2 saturated heterocycles. The second-order valence-corrected chi connectivity index (χ2v) is 3.46. The summed E-state index contributed by atoms with van der Waals surface area (Å²) >= 11 is 0. The average molecular weight is 188 g/mol. The fraction of sp³-hybridized carbons (Fsp3) is 0.875. The Labute approximate surface area is 75.6 Å². The van der Waals surface area contributed by atoms with E-state index in [-0.39, 0.29) is 5.92 Å². The summed E-state index contributed by atoms with van der Waals surface area (Å²) in [5.41, 5.74) is -0.525. The van der Waals surface area contributed by atoms with E-state index in [1.165, 1.54) is 0 Å². The molecule has 2 aliphatic heterocycles. The van der Waals surface area contributed by atoms with Gasteiger partial charge in [-0.15, -0.1) is 0 Å². The molecule has 3 atom stereocenters. The maximum atomic E-state index is 10.8. The quantitative estimate of drug-likeness (QED) is 0.633. The summed E-state index contributed by atoms with van der Waals surface area (Å²) in [6.45, 7) is 1.15. The highest BCUT2D eigenvalue weighted by Gasteiger charge is 2.56. The lowest BCUT2D eigenvalue weighted by Gasteiger charge is -2.23. The first kappa shape index (κ1) is 8.93. The molecule has 13 heavy (non-hydrogen) atoms. The molecule has 2 fully saturated rings. The number of fused-ring (bicyclic) bond motifs is 1. The van der Waals surface area contributed by atoms with Gasteiger partial charge in [0.05, 0.1) is 25.7 Å². The van der Waals surface area contributed by atoms with Crippen molar-refractivity contribution in [1.29, 1.82) is 0 Å². The monoisotopic (exact) mass is 188 g/mol. The zero-order valence-corrected chi connectivity index (χ0v) is 7.36. The van der Waals surface area contributed by atoms with Crippen molar-refractivity contribution in [3.63, 3.8) is 0 Å². The standard InChI is InChI=1S/C8H12O5/c1-11-8-3-12-2-5(8)6(7(9)10)13-4-8/h5-6H,2-4H2,1H3,(H,9,10)/t5?,6-,8+/m0/s1. The van der Waals surface area contributed by atoms with Gasteiger partial charge in [-0.05, 0) is 0 Å². The first-order valence-electron chi connectivity index (χ1n) is 4.17. The summed E-state index contributed by atoms with van der Waals surface area (Å²) in [6, 6.07) is 0. The number of methoxy groups -OCH3 is 1. The molecule has 0 aromatic carbocycles. The fourth-order valence-corrected chi connectivity index (χ4v) is 1.99. The zero-order valence-electron chi connectivity index (χ0n) is 7.36. The van der Waals surface area contributed by atoms with Crippen molar-refractivity contribution in [3.8, 4) is 0 Å². The summed E-state index contributed by atoms with van der Waals surface area (Å²) < 4.78 is 15.7. The molecule has 2 heterocycles. The maximum absolute atomic E-state index is 10.8. The van der Waals surface area contributed by atoms with Crippen molar-refractivity contribution in [3.05, 3.63) is 0 Å². The van der Waals surface area contributed by atoms with E-state index in [1.807, 2.05) is 0 Å². The van der Waals surface area contributed by atoms with E-state index in [0.29, 0.717) is 19.8 Å². The number of carboxylic acids is 1. The van der Waals surface area contributed by atoms with E-state index in [4.69, 9.17) is 19.3 Å². The van der Waals surface area contributed by atoms with E-state index in [0.717, 1.165) is 0 Å². The van der Waals surface area contributed by atoms with E-state index in [2.05, 4.69) is 0 Å². The number of ether oxygens (including phenoxy) is 3. The number of rotatable bonds is 2. The molecule has 0 spiro atoms. The van der Waals surface area contributed by atoms with Crippen LogP contribution < -0.4 is 0 Å². The zero-order chi connectivity index (χ0) is 9.47. The Morgan fingerprint density at radius 3 is 3.00 bits per heavy atom. The molecule has 5 heteroatoms. The van der Waals surface area contributed by atoms with Crippen LogP contribution in [0.15, 0.2) is 0 Å². The van der Waals surface area contributed by atoms with Crippen LogP contribution in [0.5, 0.6) is 0 Å². The van der Waals surface area contributed by atoms with Crippen LogP contribution in [0.3, 0.4) is 0 Å². The van der Waals surface area contributed by atoms with Crippen molar-refractivity contribution in [2.24, 2.45) is 5.92 Å². The Morgan fingerprint density at radius 1 is 1.62 bits per heavy atom. The molecule has 0 saturated carbocycles. The Hall–Kier alpha value is -0.650. The SMILES string of the molecule is CO[C@@]12COCC1[C@@H](C(=O)O)OC2. The number of carbonyl (C=O) groups is 1. The fourth-order valence-electron chi connectivity index (χ4n) is 1.99. The van der Waals surface area contributed by atoms with Gasteiger partial charge in [-0.1, -0.05) is 0 Å². The van der Waals surface area contributed by atoms with Crippen LogP contribution in [0.25, 0.3) is 0 Å². The summed E-state index contributed by atoms with van der Waals surface area (Å²) in [7, 11) is 1.56. The van der Waals surface area contributed by atoms with Crippen LogP contribution >= 0.6 is 0 Å². The van der Waals surface area contributed by atoms with Gasteiger partial charge >= 0.3 is 5.97 Å². The predicted octanol–water partition coefficient (Wildman–Crippen LogP) is -0.499. The van der Waals surface area contributed by atoms with Crippen molar-refractivity contribution in [2.75, 3.05) is 26.9 Å². The summed E-state index contributed by atoms with van der Waals surface area (Å²) in [6.07, 6.45) is -0.776. The van der Waals surface area contributed by atoms with Crippen LogP contribution in [0.4, 0.5) is 0 Å². The molecule has 0 radical (unpaired) electrons. The first-order chi connectivity index (χ1) is 6.19. The molecule has 1 N–H and O–H groups in total. The minimum Gasteiger partial charge on any atom is -0.479 e. The smallest absolute Gasteiger partial charge is 0.333 e. The van der Waals surface area contributed by atoms with Crippen molar-refractivity contribution >= 4 is 5.97 Å². The predicted molar refractivity (Wildman–Crippen MR) is 41.4 cm³/mol. The lowest BCUT2D eigenvalue weighted by molar-refractivity contribution is -0.149. The van der Waals surface area contributed by atoms with Crippen LogP contribution in [0, 0.1) is 5.92 Å². The maximum Gasteiger partial charge on any atom is 0.333 e. The normalized spacial score (nSPS) is 43.5. The van der Waals surface area contributed by atoms with Gasteiger partial charge in [0, 0.05) is 7.11 Å². The van der Waals surface area contributed by atoms with Crippen LogP contribution in [0.2, 0.25) is 0 Å². The number of carboxylic acid groups (broad SMARTS) is 1. The lowest BCUT2D eigenvalue weighted by atomic mass is 9.90. The van der Waals surface area contributed by atoms with Gasteiger partial charge in [0.2, 0.25) is 0 Å². The molecule has 2 aliphatic rings. The van der Waals surface area contributed by atoms with Crippen LogP contribution in [0.1, 0.15) is 0 Å². The Morgan fingerprint density at radius 2 is 2.38 bits per heavy atom. The Bertz CT molecular complexity index is 229. The highest BCUT2D eigenvalue weighted by molar-refractivity contribution is 5.73. The van der Waals surface area contributed by atoms with Crippen LogP contribution in [-0.2, 0) is 19.0 Å². The molecule has 2 rings (SSSR count). The van der Waals surface area contributed by atoms with E-state index >= 15 is 0 Å². The minimum atomic E-state index is -0.936. The van der Waals surface area contributed by atoms with Gasteiger partial charge in [-0.25, -0.2) is 4.79 Å². The first-order valence-corrected chi connectivity index (χ1v) is 4.17. The average Bonchev–Trinajstić information content (AvgIpc) is 2.59. The molecule has 5 nitrogen and oxygen atoms in total. The summed E-state index contributed by atoms with van der Waals surface area (Å²) in [5, 5.41) is 8.83. The molecule has 0 aliphatic carbocycles. The van der Waals surface area contributed by atoms with Gasteiger partial charge in [0.15, 0.2) is 6.10 Å². The molecule has 74 valence electrons. The Kier molecular flexibility index (Phi) is 2.02. The lowest BCUT2D eigenvalue weighted by Crippen LogP contribution is -2.41. The third-order valence-corrected chi connectivity index (χ3v) is 2.84. The topological polar surface area (TPSA) is 65.0 Å². The van der Waals surface area contributed by atoms with Crippen molar-refractivity contribution in [2.45, 2.75) is 11.7 Å². The third-order valence-electron chi connectivity index (χ3n) is 2.84. The molecular formula is C8H12O5. The highest BCUT2D eigenvalue weighted by Crippen LogP contribution is 2.38. The number of hydrogen-bond acceptors (Lipinski definition) is 4. The highest BCUT2D eigenvalue weighted by atomic mass is 16.6. The second kappa shape index (κ2) is 2.94. The van der Waals surface area contributed by atoms with Crippen molar-refractivity contribution < 1.29 is 24.1 Å². The molecule has 0 aromatic rings. The van der Waals surface area contributed by atoms with E-state index in [9.17, 15) is 4.79 Å². The van der Waals surface area contributed by atoms with E-state index in [1.54, 1.807) is 7.11 Å². The van der Waals surface area contributed by atoms with Gasteiger partial charge in [0.25, 0.3) is 0 Å². The van der Waals surface area contributed by atoms with Crippen molar-refractivity contribution in [1.82, 2.24) is 0 Å². The summed E-state index contributed by atoms with van der Waals surface area (Å²) in [5.74, 6) is -1.11. The summed E-state index contributed by atoms with van der Waals surface area (Å²) in [4.78, 5) is 10.8. The molecule has 0 aromatic heterocycles. The number of aliphatic carboxylic acids is 1. The van der Waals surface area contributed by atoms with Crippen LogP contribution in [-0.4, -0.2) is 49.7 Å². The number of hydrogen-bond donors (Lipinski definition) is 1. The molecular weight excluding hydrogens is 176 g/mol. The minimum absolute atomic E-state index is 0.171. The largest absolute Gasteiger partial charge is 0.479 e.